The van der Waals surface area contributed by atoms with E-state index in [1.165, 1.54) is 6.08 Å². The molecule has 0 radical (unpaired) electrons. The van der Waals surface area contributed by atoms with Gasteiger partial charge in [0.05, 0.1) is 11.5 Å². The van der Waals surface area contributed by atoms with Crippen LogP contribution in [-0.2, 0) is 4.79 Å². The minimum Gasteiger partial charge on any atom is -0.476 e. The van der Waals surface area contributed by atoms with E-state index >= 15 is 0 Å². The summed E-state index contributed by atoms with van der Waals surface area (Å²) in [6.07, 6.45) is 8.18. The maximum atomic E-state index is 11.0. The Morgan fingerprint density at radius 3 is 2.78 bits per heavy atom. The van der Waals surface area contributed by atoms with Crippen LogP contribution >= 0.6 is 0 Å². The Morgan fingerprint density at radius 1 is 1.33 bits per heavy atom. The molecule has 0 saturated heterocycles. The zero-order chi connectivity index (χ0) is 19.4. The molecule has 3 N–H and O–H groups in total. The average molecular weight is 361 g/mol. The lowest BCUT2D eigenvalue weighted by Crippen LogP contribution is -2.19. The van der Waals surface area contributed by atoms with Crippen molar-refractivity contribution in [3.05, 3.63) is 48.4 Å². The predicted molar refractivity (Wildman–Crippen MR) is 102 cm³/mol. The van der Waals surface area contributed by atoms with Gasteiger partial charge in [-0.2, -0.15) is 5.26 Å². The molecule has 7 nitrogen and oxygen atoms in total. The Hall–Kier alpha value is -3.66. The highest BCUT2D eigenvalue weighted by atomic mass is 16.5. The molecule has 0 aliphatic carbocycles. The van der Waals surface area contributed by atoms with Gasteiger partial charge in [0.1, 0.15) is 12.3 Å². The summed E-state index contributed by atoms with van der Waals surface area (Å²) < 4.78 is 5.58. The molecule has 3 aromatic heterocycles. The Kier molecular flexibility index (Phi) is 4.90. The van der Waals surface area contributed by atoms with Gasteiger partial charge in [0, 0.05) is 52.8 Å². The largest absolute Gasteiger partial charge is 0.476 e. The van der Waals surface area contributed by atoms with Crippen molar-refractivity contribution < 1.29 is 9.53 Å². The van der Waals surface area contributed by atoms with Gasteiger partial charge in [0.25, 0.3) is 0 Å². The fourth-order valence-corrected chi connectivity index (χ4v) is 2.41. The number of amides is 1. The zero-order valence-corrected chi connectivity index (χ0v) is 15.1. The monoisotopic (exact) mass is 361 g/mol. The molecule has 136 valence electrons. The van der Waals surface area contributed by atoms with Crippen molar-refractivity contribution in [3.63, 3.8) is 0 Å². The normalized spacial score (nSPS) is 11.6. The van der Waals surface area contributed by atoms with Crippen LogP contribution in [0.4, 0.5) is 0 Å². The lowest BCUT2D eigenvalue weighted by molar-refractivity contribution is -0.113. The van der Waals surface area contributed by atoms with Crippen molar-refractivity contribution >= 4 is 23.0 Å². The first kappa shape index (κ1) is 18.1. The van der Waals surface area contributed by atoms with Crippen molar-refractivity contribution in [2.45, 2.75) is 13.8 Å². The lowest BCUT2D eigenvalue weighted by Gasteiger charge is -2.15. The summed E-state index contributed by atoms with van der Waals surface area (Å²) in [6.45, 7) is 3.88. The fourth-order valence-electron chi connectivity index (χ4n) is 2.41. The number of primary amides is 1. The number of ether oxygens (including phenoxy) is 1. The van der Waals surface area contributed by atoms with E-state index in [2.05, 4.69) is 21.0 Å². The molecule has 3 rings (SSSR count). The SMILES string of the molecule is CC(C)(C#N)COc1ccc(-c2cnc3[nH]cc(C=CC(N)=O)c3c2)cn1. The van der Waals surface area contributed by atoms with Crippen LogP contribution < -0.4 is 10.5 Å². The molecule has 27 heavy (non-hydrogen) atoms. The van der Waals surface area contributed by atoms with E-state index < -0.39 is 11.3 Å². The Balaban J connectivity index is 1.84. The number of nitrogens with two attached hydrogens (primary N) is 1. The summed E-state index contributed by atoms with van der Waals surface area (Å²) in [5.74, 6) is -0.0457. The number of carbonyl (C=O) groups excluding carboxylic acids is 1. The maximum Gasteiger partial charge on any atom is 0.241 e. The maximum absolute atomic E-state index is 11.0. The Morgan fingerprint density at radius 2 is 2.11 bits per heavy atom. The second-order valence-electron chi connectivity index (χ2n) is 6.77. The van der Waals surface area contributed by atoms with E-state index in [-0.39, 0.29) is 6.61 Å². The van der Waals surface area contributed by atoms with E-state index in [1.807, 2.05) is 26.0 Å². The van der Waals surface area contributed by atoms with Crippen molar-refractivity contribution in [2.24, 2.45) is 11.1 Å². The molecule has 0 aliphatic rings. The fraction of sp³-hybridized carbons (Fsp3) is 0.200. The highest BCUT2D eigenvalue weighted by Gasteiger charge is 2.18. The topological polar surface area (TPSA) is 118 Å². The van der Waals surface area contributed by atoms with Gasteiger partial charge in [-0.25, -0.2) is 9.97 Å². The molecule has 1 amide bonds. The molecular formula is C20H19N5O2. The first-order chi connectivity index (χ1) is 12.9. The van der Waals surface area contributed by atoms with Crippen molar-refractivity contribution in [3.8, 4) is 23.1 Å². The van der Waals surface area contributed by atoms with Crippen LogP contribution in [0.2, 0.25) is 0 Å². The van der Waals surface area contributed by atoms with Crippen LogP contribution in [0.1, 0.15) is 19.4 Å². The van der Waals surface area contributed by atoms with Crippen LogP contribution in [0, 0.1) is 16.7 Å². The molecule has 0 bridgehead atoms. The van der Waals surface area contributed by atoms with Crippen LogP contribution in [0.25, 0.3) is 28.2 Å². The van der Waals surface area contributed by atoms with Crippen molar-refractivity contribution in [1.29, 1.82) is 5.26 Å². The number of carbonyl (C=O) groups is 1. The third kappa shape index (κ3) is 4.30. The van der Waals surface area contributed by atoms with Gasteiger partial charge in [0.2, 0.25) is 11.8 Å². The van der Waals surface area contributed by atoms with Crippen molar-refractivity contribution in [2.75, 3.05) is 6.61 Å². The number of nitriles is 1. The minimum absolute atomic E-state index is 0.266. The zero-order valence-electron chi connectivity index (χ0n) is 15.1. The summed E-state index contributed by atoms with van der Waals surface area (Å²) >= 11 is 0. The highest BCUT2D eigenvalue weighted by molar-refractivity contribution is 5.95. The molecule has 0 fully saturated rings. The van der Waals surface area contributed by atoms with E-state index in [1.54, 1.807) is 30.7 Å². The highest BCUT2D eigenvalue weighted by Crippen LogP contribution is 2.26. The van der Waals surface area contributed by atoms with Crippen LogP contribution in [-0.4, -0.2) is 27.5 Å². The van der Waals surface area contributed by atoms with Gasteiger partial charge in [-0.15, -0.1) is 0 Å². The third-order valence-electron chi connectivity index (χ3n) is 3.94. The Bertz CT molecular complexity index is 1040. The number of nitrogens with zero attached hydrogens (tertiary/aromatic N) is 3. The molecule has 0 saturated carbocycles. The Labute approximate surface area is 156 Å². The standard InChI is InChI=1S/C20H19N5O2/c1-20(2,11-21)12-27-18-6-4-13(8-23-18)15-7-16-14(3-5-17(22)26)9-24-19(16)25-10-15/h3-10H,12H2,1-2H3,(H2,22,26)(H,24,25). The van der Waals surface area contributed by atoms with Gasteiger partial charge in [0.15, 0.2) is 0 Å². The molecule has 3 aromatic rings. The minimum atomic E-state index is -0.571. The van der Waals surface area contributed by atoms with Crippen LogP contribution in [0.5, 0.6) is 5.88 Å². The third-order valence-corrected chi connectivity index (χ3v) is 3.94. The summed E-state index contributed by atoms with van der Waals surface area (Å²) in [4.78, 5) is 22.7. The van der Waals surface area contributed by atoms with E-state index in [0.29, 0.717) is 5.88 Å². The molecule has 0 unspecified atom stereocenters. The molecule has 0 aromatic carbocycles. The van der Waals surface area contributed by atoms with Gasteiger partial charge in [-0.1, -0.05) is 0 Å². The second kappa shape index (κ2) is 7.30. The summed E-state index contributed by atoms with van der Waals surface area (Å²) in [7, 11) is 0. The quantitative estimate of drug-likeness (QED) is 0.654. The van der Waals surface area contributed by atoms with Crippen LogP contribution in [0.3, 0.4) is 0 Å². The molecule has 0 aliphatic heterocycles. The summed E-state index contributed by atoms with van der Waals surface area (Å²) in [5, 5.41) is 9.91. The van der Waals surface area contributed by atoms with Gasteiger partial charge in [-0.3, -0.25) is 4.79 Å². The number of pyridine rings is 2. The number of aromatic nitrogens is 3. The first-order valence-corrected chi connectivity index (χ1v) is 8.33. The molecule has 3 heterocycles. The predicted octanol–water partition coefficient (Wildman–Crippen LogP) is 3.05. The molecule has 7 heteroatoms. The first-order valence-electron chi connectivity index (χ1n) is 8.33. The van der Waals surface area contributed by atoms with E-state index in [0.717, 1.165) is 27.7 Å². The summed E-state index contributed by atoms with van der Waals surface area (Å²) in [5.41, 5.74) is 7.89. The van der Waals surface area contributed by atoms with Gasteiger partial charge >= 0.3 is 0 Å². The van der Waals surface area contributed by atoms with E-state index in [9.17, 15) is 4.79 Å². The number of hydrogen-bond donors (Lipinski definition) is 2. The number of rotatable bonds is 6. The van der Waals surface area contributed by atoms with Crippen LogP contribution in [0.15, 0.2) is 42.9 Å². The van der Waals surface area contributed by atoms with Gasteiger partial charge in [-0.05, 0) is 32.1 Å². The number of aromatic amines is 1. The summed E-state index contributed by atoms with van der Waals surface area (Å²) in [6, 6.07) is 7.80. The molecule has 0 spiro atoms. The molecule has 0 atom stereocenters. The number of H-pyrrole nitrogens is 1. The van der Waals surface area contributed by atoms with Crippen molar-refractivity contribution in [1.82, 2.24) is 15.0 Å². The molecular weight excluding hydrogens is 342 g/mol. The lowest BCUT2D eigenvalue weighted by atomic mass is 9.98. The number of nitrogens with one attached hydrogen (secondary N) is 1. The van der Waals surface area contributed by atoms with Gasteiger partial charge < -0.3 is 15.5 Å². The second-order valence-corrected chi connectivity index (χ2v) is 6.77. The smallest absolute Gasteiger partial charge is 0.241 e. The van der Waals surface area contributed by atoms with E-state index in [4.69, 9.17) is 15.7 Å². The number of hydrogen-bond acceptors (Lipinski definition) is 5. The number of fused-ring (bicyclic) bond motifs is 1. The average Bonchev–Trinajstić information content (AvgIpc) is 3.07.